The molecule has 0 spiro atoms. The van der Waals surface area contributed by atoms with Gasteiger partial charge in [-0.15, -0.1) is 0 Å². The lowest BCUT2D eigenvalue weighted by Gasteiger charge is -2.01. The van der Waals surface area contributed by atoms with E-state index in [0.29, 0.717) is 25.2 Å². The van der Waals surface area contributed by atoms with Crippen molar-refractivity contribution in [2.24, 2.45) is 5.92 Å². The van der Waals surface area contributed by atoms with Gasteiger partial charge in [-0.25, -0.2) is 4.39 Å². The Hall–Kier alpha value is -0.660. The molecule has 0 aromatic heterocycles. The van der Waals surface area contributed by atoms with Crippen molar-refractivity contribution in [3.63, 3.8) is 0 Å². The van der Waals surface area contributed by atoms with Gasteiger partial charge in [0, 0.05) is 6.42 Å². The van der Waals surface area contributed by atoms with Gasteiger partial charge < -0.3 is 4.79 Å². The molecule has 0 amide bonds. The van der Waals surface area contributed by atoms with Crippen molar-refractivity contribution in [2.75, 3.05) is 0 Å². The normalized spacial score (nSPS) is 12.2. The van der Waals surface area contributed by atoms with Crippen LogP contribution in [0.25, 0.3) is 0 Å². The van der Waals surface area contributed by atoms with Gasteiger partial charge in [-0.2, -0.15) is 0 Å². The third-order valence-electron chi connectivity index (χ3n) is 2.30. The predicted molar refractivity (Wildman–Crippen MR) is 62.4 cm³/mol. The van der Waals surface area contributed by atoms with E-state index in [1.54, 1.807) is 13.0 Å². The molecule has 0 aromatic carbocycles. The van der Waals surface area contributed by atoms with Gasteiger partial charge in [0.1, 0.15) is 5.78 Å². The molecule has 0 aromatic rings. The number of carbonyl (C=O) groups excluding carboxylic acids is 1. The number of carbonyl (C=O) groups is 1. The Labute approximate surface area is 92.8 Å². The van der Waals surface area contributed by atoms with Crippen molar-refractivity contribution in [3.8, 4) is 0 Å². The average Bonchev–Trinajstić information content (AvgIpc) is 2.11. The first-order chi connectivity index (χ1) is 7.02. The van der Waals surface area contributed by atoms with Crippen LogP contribution < -0.4 is 0 Å². The highest BCUT2D eigenvalue weighted by atomic mass is 19.1. The Morgan fingerprint density at radius 1 is 1.27 bits per heavy atom. The Bertz CT molecular complexity index is 207. The fraction of sp³-hybridized carbons (Fsp3) is 0.769. The number of ketones is 1. The largest absolute Gasteiger partial charge is 0.300 e. The summed E-state index contributed by atoms with van der Waals surface area (Å²) in [6.07, 6.45) is 6.25. The smallest absolute Gasteiger partial charge is 0.129 e. The number of allylic oxidation sites excluding steroid dienone is 2. The van der Waals surface area contributed by atoms with Crippen molar-refractivity contribution in [1.29, 1.82) is 0 Å². The molecule has 0 bridgehead atoms. The van der Waals surface area contributed by atoms with Crippen LogP contribution in [0.1, 0.15) is 59.3 Å². The lowest BCUT2D eigenvalue weighted by molar-refractivity contribution is -0.117. The maximum Gasteiger partial charge on any atom is 0.129 e. The van der Waals surface area contributed by atoms with Crippen molar-refractivity contribution in [1.82, 2.24) is 0 Å². The molecule has 0 aliphatic rings. The number of hydrogen-bond donors (Lipinski definition) is 0. The van der Waals surface area contributed by atoms with Crippen LogP contribution in [-0.4, -0.2) is 5.78 Å². The van der Waals surface area contributed by atoms with Crippen molar-refractivity contribution in [3.05, 3.63) is 11.9 Å². The monoisotopic (exact) mass is 214 g/mol. The van der Waals surface area contributed by atoms with E-state index in [-0.39, 0.29) is 11.6 Å². The van der Waals surface area contributed by atoms with E-state index in [9.17, 15) is 9.18 Å². The highest BCUT2D eigenvalue weighted by molar-refractivity contribution is 5.75. The molecule has 2 heteroatoms. The van der Waals surface area contributed by atoms with Gasteiger partial charge in [0.05, 0.1) is 5.83 Å². The Kier molecular flexibility index (Phi) is 8.25. The van der Waals surface area contributed by atoms with Crippen LogP contribution in [0.5, 0.6) is 0 Å². The minimum absolute atomic E-state index is 0.0555. The van der Waals surface area contributed by atoms with E-state index in [4.69, 9.17) is 0 Å². The van der Waals surface area contributed by atoms with Crippen LogP contribution in [0.2, 0.25) is 0 Å². The molecule has 15 heavy (non-hydrogen) atoms. The molecule has 0 saturated heterocycles. The summed E-state index contributed by atoms with van der Waals surface area (Å²) in [6.45, 7) is 5.89. The predicted octanol–water partition coefficient (Wildman–Crippen LogP) is 4.43. The van der Waals surface area contributed by atoms with Gasteiger partial charge in [-0.3, -0.25) is 0 Å². The Morgan fingerprint density at radius 3 is 2.47 bits per heavy atom. The van der Waals surface area contributed by atoms with Crippen LogP contribution in [0.4, 0.5) is 4.39 Å². The van der Waals surface area contributed by atoms with Crippen LogP contribution in [0.15, 0.2) is 11.9 Å². The van der Waals surface area contributed by atoms with Crippen molar-refractivity contribution < 1.29 is 9.18 Å². The molecule has 0 unspecified atom stereocenters. The zero-order valence-electron chi connectivity index (χ0n) is 10.2. The maximum atomic E-state index is 13.1. The van der Waals surface area contributed by atoms with Crippen molar-refractivity contribution in [2.45, 2.75) is 59.3 Å². The average molecular weight is 214 g/mol. The molecule has 88 valence electrons. The molecule has 1 nitrogen and oxygen atoms in total. The van der Waals surface area contributed by atoms with Gasteiger partial charge in [0.25, 0.3) is 0 Å². The van der Waals surface area contributed by atoms with Crippen LogP contribution >= 0.6 is 0 Å². The third-order valence-corrected chi connectivity index (χ3v) is 2.30. The zero-order chi connectivity index (χ0) is 11.7. The first kappa shape index (κ1) is 14.3. The topological polar surface area (TPSA) is 17.1 Å². The molecule has 0 N–H and O–H groups in total. The molecule has 0 heterocycles. The number of hydrogen-bond acceptors (Lipinski definition) is 1. The lowest BCUT2D eigenvalue weighted by atomic mass is 10.1. The molecule has 0 aliphatic heterocycles. The van der Waals surface area contributed by atoms with Gasteiger partial charge >= 0.3 is 0 Å². The van der Waals surface area contributed by atoms with E-state index >= 15 is 0 Å². The quantitative estimate of drug-likeness (QED) is 0.546. The first-order valence-corrected chi connectivity index (χ1v) is 5.86. The molecule has 0 saturated carbocycles. The van der Waals surface area contributed by atoms with E-state index in [0.717, 1.165) is 19.3 Å². The summed E-state index contributed by atoms with van der Waals surface area (Å²) >= 11 is 0. The molecule has 0 rings (SSSR count). The van der Waals surface area contributed by atoms with Gasteiger partial charge in [-0.05, 0) is 38.5 Å². The SMILES string of the molecule is CC(=O)CCCC(F)=CCCCC(C)C. The minimum Gasteiger partial charge on any atom is -0.300 e. The number of unbranched alkanes of at least 4 members (excludes halogenated alkanes) is 1. The molecular formula is C13H23FO. The van der Waals surface area contributed by atoms with Gasteiger partial charge in [0.2, 0.25) is 0 Å². The summed E-state index contributed by atoms with van der Waals surface area (Å²) < 4.78 is 13.1. The summed E-state index contributed by atoms with van der Waals surface area (Å²) in [7, 11) is 0. The van der Waals surface area contributed by atoms with Crippen LogP contribution in [0, 0.1) is 5.92 Å². The number of rotatable bonds is 8. The highest BCUT2D eigenvalue weighted by Gasteiger charge is 1.98. The van der Waals surface area contributed by atoms with E-state index in [2.05, 4.69) is 13.8 Å². The van der Waals surface area contributed by atoms with E-state index in [1.165, 1.54) is 0 Å². The fourth-order valence-corrected chi connectivity index (χ4v) is 1.39. The number of halogens is 1. The third kappa shape index (κ3) is 11.3. The summed E-state index contributed by atoms with van der Waals surface area (Å²) in [6, 6.07) is 0. The minimum atomic E-state index is -0.0555. The highest BCUT2D eigenvalue weighted by Crippen LogP contribution is 2.13. The van der Waals surface area contributed by atoms with E-state index in [1.807, 2.05) is 0 Å². The summed E-state index contributed by atoms with van der Waals surface area (Å²) in [4.78, 5) is 10.6. The van der Waals surface area contributed by atoms with Crippen LogP contribution in [-0.2, 0) is 4.79 Å². The van der Waals surface area contributed by atoms with E-state index < -0.39 is 0 Å². The standard InChI is InChI=1S/C13H23FO/c1-11(2)7-4-5-9-13(14)10-6-8-12(3)15/h9,11H,4-8,10H2,1-3H3. The second kappa shape index (κ2) is 8.63. The summed E-state index contributed by atoms with van der Waals surface area (Å²) in [5.41, 5.74) is 0. The fourth-order valence-electron chi connectivity index (χ4n) is 1.39. The molecule has 0 atom stereocenters. The summed E-state index contributed by atoms with van der Waals surface area (Å²) in [5.74, 6) is 0.779. The Balaban J connectivity index is 3.48. The van der Waals surface area contributed by atoms with Gasteiger partial charge in [-0.1, -0.05) is 26.3 Å². The number of Topliss-reactive ketones (excluding diaryl/α,β-unsaturated/α-hetero) is 1. The summed E-state index contributed by atoms with van der Waals surface area (Å²) in [5, 5.41) is 0. The molecule has 0 fully saturated rings. The molecule has 0 aliphatic carbocycles. The second-order valence-electron chi connectivity index (χ2n) is 4.53. The Morgan fingerprint density at radius 2 is 1.93 bits per heavy atom. The van der Waals surface area contributed by atoms with Gasteiger partial charge in [0.15, 0.2) is 0 Å². The molecule has 0 radical (unpaired) electrons. The second-order valence-corrected chi connectivity index (χ2v) is 4.53. The maximum absolute atomic E-state index is 13.1. The lowest BCUT2D eigenvalue weighted by Crippen LogP contribution is -1.89. The first-order valence-electron chi connectivity index (χ1n) is 5.86. The molecular weight excluding hydrogens is 191 g/mol. The van der Waals surface area contributed by atoms with Crippen molar-refractivity contribution >= 4 is 5.78 Å². The zero-order valence-corrected chi connectivity index (χ0v) is 10.2. The van der Waals surface area contributed by atoms with Crippen LogP contribution in [0.3, 0.4) is 0 Å².